The maximum Gasteiger partial charge on any atom is 0.237 e. The van der Waals surface area contributed by atoms with Crippen molar-refractivity contribution in [2.45, 2.75) is 28.4 Å². The fourth-order valence-electron chi connectivity index (χ4n) is 2.53. The molecule has 2 amide bonds. The lowest BCUT2D eigenvalue weighted by Crippen LogP contribution is -2.26. The zero-order valence-electron chi connectivity index (χ0n) is 14.7. The highest BCUT2D eigenvalue weighted by molar-refractivity contribution is 8.01. The first kappa shape index (κ1) is 20.3. The Hall–Kier alpha value is -2.46. The van der Waals surface area contributed by atoms with Crippen molar-refractivity contribution in [2.75, 3.05) is 16.4 Å². The molecule has 2 N–H and O–H groups in total. The van der Waals surface area contributed by atoms with Crippen molar-refractivity contribution in [3.63, 3.8) is 0 Å². The summed E-state index contributed by atoms with van der Waals surface area (Å²) in [4.78, 5) is 24.4. The van der Waals surface area contributed by atoms with E-state index in [1.54, 1.807) is 13.0 Å². The van der Waals surface area contributed by atoms with Crippen molar-refractivity contribution in [2.24, 2.45) is 0 Å². The Morgan fingerprint density at radius 2 is 1.96 bits per heavy atom. The van der Waals surface area contributed by atoms with Gasteiger partial charge in [-0.25, -0.2) is 17.2 Å². The summed E-state index contributed by atoms with van der Waals surface area (Å²) < 4.78 is 51.7. The Morgan fingerprint density at radius 1 is 1.21 bits per heavy atom. The van der Waals surface area contributed by atoms with Crippen LogP contribution in [-0.4, -0.2) is 31.2 Å². The Bertz CT molecular complexity index is 1060. The van der Waals surface area contributed by atoms with E-state index >= 15 is 0 Å². The average molecular weight is 426 g/mol. The molecular weight excluding hydrogens is 410 g/mol. The van der Waals surface area contributed by atoms with Gasteiger partial charge in [-0.1, -0.05) is 0 Å². The Kier molecular flexibility index (Phi) is 5.71. The minimum Gasteiger partial charge on any atom is -0.324 e. The van der Waals surface area contributed by atoms with Gasteiger partial charge in [0.1, 0.15) is 11.6 Å². The number of halogens is 2. The van der Waals surface area contributed by atoms with Gasteiger partial charge >= 0.3 is 0 Å². The number of fused-ring (bicyclic) bond motifs is 1. The minimum absolute atomic E-state index is 0.0357. The number of benzene rings is 2. The van der Waals surface area contributed by atoms with Gasteiger partial charge < -0.3 is 10.6 Å². The molecule has 2 aromatic rings. The van der Waals surface area contributed by atoms with Gasteiger partial charge in [0.05, 0.1) is 27.3 Å². The number of amides is 2. The van der Waals surface area contributed by atoms with E-state index in [-0.39, 0.29) is 21.7 Å². The van der Waals surface area contributed by atoms with E-state index < -0.39 is 39.6 Å². The highest BCUT2D eigenvalue weighted by Crippen LogP contribution is 2.36. The van der Waals surface area contributed by atoms with Crippen LogP contribution in [0.5, 0.6) is 0 Å². The number of thioether (sulfide) groups is 1. The van der Waals surface area contributed by atoms with E-state index in [4.69, 9.17) is 0 Å². The van der Waals surface area contributed by atoms with Gasteiger partial charge in [-0.3, -0.25) is 9.59 Å². The summed E-state index contributed by atoms with van der Waals surface area (Å²) in [5, 5.41) is 4.53. The molecule has 148 valence electrons. The van der Waals surface area contributed by atoms with Crippen LogP contribution in [0.2, 0.25) is 0 Å². The minimum atomic E-state index is -3.82. The third-order valence-corrected chi connectivity index (χ3v) is 6.93. The van der Waals surface area contributed by atoms with Gasteiger partial charge in [0.15, 0.2) is 9.84 Å². The lowest BCUT2D eigenvalue weighted by atomic mass is 10.3. The van der Waals surface area contributed by atoms with Gasteiger partial charge in [-0.2, -0.15) is 0 Å². The molecule has 1 aliphatic heterocycles. The molecule has 10 heteroatoms. The molecule has 0 saturated carbocycles. The highest BCUT2D eigenvalue weighted by Gasteiger charge is 2.25. The van der Waals surface area contributed by atoms with Crippen LogP contribution in [0.3, 0.4) is 0 Å². The van der Waals surface area contributed by atoms with Crippen LogP contribution in [0.25, 0.3) is 0 Å². The molecular formula is C18H16F2N2O4S2. The highest BCUT2D eigenvalue weighted by atomic mass is 32.2. The first-order valence-corrected chi connectivity index (χ1v) is 10.8. The fraction of sp³-hybridized carbons (Fsp3) is 0.222. The fourth-order valence-corrected chi connectivity index (χ4v) is 4.73. The lowest BCUT2D eigenvalue weighted by Gasteiger charge is -2.21. The molecule has 0 radical (unpaired) electrons. The standard InChI is InChI=1S/C18H16F2N2O4S2/c1-10-18(24)22-15-9-12(3-5-16(15)27-10)28(25,26)7-6-17(23)21-14-8-11(19)2-4-13(14)20/h2-5,8-10H,6-7H2,1H3,(H,21,23)(H,22,24)/t10-/m0/s1. The molecule has 1 atom stereocenters. The van der Waals surface area contributed by atoms with Crippen molar-refractivity contribution >= 4 is 44.8 Å². The smallest absolute Gasteiger partial charge is 0.237 e. The molecule has 0 bridgehead atoms. The van der Waals surface area contributed by atoms with Gasteiger partial charge in [-0.15, -0.1) is 11.8 Å². The monoisotopic (exact) mass is 426 g/mol. The Labute approximate surface area is 164 Å². The summed E-state index contributed by atoms with van der Waals surface area (Å²) in [6.45, 7) is 1.74. The third-order valence-electron chi connectivity index (χ3n) is 4.04. The van der Waals surface area contributed by atoms with Gasteiger partial charge in [-0.05, 0) is 37.3 Å². The quantitative estimate of drug-likeness (QED) is 0.766. The molecule has 0 saturated heterocycles. The zero-order valence-corrected chi connectivity index (χ0v) is 16.3. The van der Waals surface area contributed by atoms with Crippen LogP contribution in [0.1, 0.15) is 13.3 Å². The lowest BCUT2D eigenvalue weighted by molar-refractivity contribution is -0.116. The van der Waals surface area contributed by atoms with Crippen LogP contribution in [0.15, 0.2) is 46.2 Å². The van der Waals surface area contributed by atoms with E-state index in [2.05, 4.69) is 10.6 Å². The largest absolute Gasteiger partial charge is 0.324 e. The van der Waals surface area contributed by atoms with Crippen molar-refractivity contribution < 1.29 is 26.8 Å². The molecule has 1 heterocycles. The van der Waals surface area contributed by atoms with Gasteiger partial charge in [0, 0.05) is 17.4 Å². The first-order valence-electron chi connectivity index (χ1n) is 8.25. The van der Waals surface area contributed by atoms with Crippen molar-refractivity contribution in [3.8, 4) is 0 Å². The molecule has 6 nitrogen and oxygen atoms in total. The molecule has 3 rings (SSSR count). The van der Waals surface area contributed by atoms with Crippen molar-refractivity contribution in [1.82, 2.24) is 0 Å². The normalized spacial score (nSPS) is 16.2. The van der Waals surface area contributed by atoms with E-state index in [1.165, 1.54) is 23.9 Å². The number of rotatable bonds is 5. The molecule has 0 unspecified atom stereocenters. The van der Waals surface area contributed by atoms with E-state index in [1.807, 2.05) is 0 Å². The van der Waals surface area contributed by atoms with Crippen LogP contribution in [0.4, 0.5) is 20.2 Å². The van der Waals surface area contributed by atoms with Crippen LogP contribution < -0.4 is 10.6 Å². The summed E-state index contributed by atoms with van der Waals surface area (Å²) in [7, 11) is -3.82. The number of sulfone groups is 1. The second-order valence-corrected chi connectivity index (χ2v) is 9.64. The maximum absolute atomic E-state index is 13.6. The molecule has 2 aromatic carbocycles. The van der Waals surface area contributed by atoms with Gasteiger partial charge in [0.2, 0.25) is 11.8 Å². The molecule has 0 spiro atoms. The van der Waals surface area contributed by atoms with Crippen LogP contribution >= 0.6 is 11.8 Å². The summed E-state index contributed by atoms with van der Waals surface area (Å²) in [6.07, 6.45) is -0.437. The van der Waals surface area contributed by atoms with E-state index in [0.717, 1.165) is 23.1 Å². The Balaban J connectivity index is 1.69. The molecule has 0 aromatic heterocycles. The maximum atomic E-state index is 13.6. The zero-order chi connectivity index (χ0) is 20.5. The number of carbonyl (C=O) groups is 2. The van der Waals surface area contributed by atoms with Gasteiger partial charge in [0.25, 0.3) is 0 Å². The summed E-state index contributed by atoms with van der Waals surface area (Å²) in [5.41, 5.74) is 0.0468. The number of anilines is 2. The second kappa shape index (κ2) is 7.88. The predicted molar refractivity (Wildman–Crippen MR) is 102 cm³/mol. The number of hydrogen-bond acceptors (Lipinski definition) is 5. The second-order valence-electron chi connectivity index (χ2n) is 6.15. The summed E-state index contributed by atoms with van der Waals surface area (Å²) in [5.74, 6) is -3.05. The average Bonchev–Trinajstić information content (AvgIpc) is 2.64. The Morgan fingerprint density at radius 3 is 2.71 bits per heavy atom. The first-order chi connectivity index (χ1) is 13.2. The molecule has 28 heavy (non-hydrogen) atoms. The number of nitrogens with one attached hydrogen (secondary N) is 2. The topological polar surface area (TPSA) is 92.3 Å². The molecule has 1 aliphatic rings. The van der Waals surface area contributed by atoms with Crippen LogP contribution in [-0.2, 0) is 19.4 Å². The molecule has 0 aliphatic carbocycles. The van der Waals surface area contributed by atoms with Crippen molar-refractivity contribution in [3.05, 3.63) is 48.0 Å². The summed E-state index contributed by atoms with van der Waals surface area (Å²) in [6, 6.07) is 6.95. The summed E-state index contributed by atoms with van der Waals surface area (Å²) >= 11 is 1.32. The van der Waals surface area contributed by atoms with E-state index in [9.17, 15) is 26.8 Å². The van der Waals surface area contributed by atoms with Crippen molar-refractivity contribution in [1.29, 1.82) is 0 Å². The van der Waals surface area contributed by atoms with E-state index in [0.29, 0.717) is 5.69 Å². The number of hydrogen-bond donors (Lipinski definition) is 2. The number of carbonyl (C=O) groups excluding carboxylic acids is 2. The predicted octanol–water partition coefficient (Wildman–Crippen LogP) is 3.20. The third kappa shape index (κ3) is 4.50. The van der Waals surface area contributed by atoms with Crippen LogP contribution in [0, 0.1) is 11.6 Å². The molecule has 0 fully saturated rings. The SMILES string of the molecule is C[C@@H]1Sc2ccc(S(=O)(=O)CCC(=O)Nc3cc(F)ccc3F)cc2NC1=O.